The molecule has 1 unspecified atom stereocenters. The predicted molar refractivity (Wildman–Crippen MR) is 58.8 cm³/mol. The first-order valence-corrected chi connectivity index (χ1v) is 5.18. The number of carboxylic acid groups (broad SMARTS) is 1. The summed E-state index contributed by atoms with van der Waals surface area (Å²) >= 11 is 0. The molecule has 5 heteroatoms. The van der Waals surface area contributed by atoms with Crippen LogP contribution in [-0.2, 0) is 11.3 Å². The van der Waals surface area contributed by atoms with Crippen LogP contribution in [0.2, 0.25) is 0 Å². The van der Waals surface area contributed by atoms with Crippen molar-refractivity contribution in [3.63, 3.8) is 0 Å². The Kier molecular flexibility index (Phi) is 5.45. The number of aliphatic carboxylic acids is 1. The number of hydrogen-bond donors (Lipinski definition) is 3. The van der Waals surface area contributed by atoms with Crippen LogP contribution in [0.15, 0.2) is 24.5 Å². The monoisotopic (exact) mass is 224 g/mol. The quantitative estimate of drug-likeness (QED) is 0.624. The Labute approximate surface area is 94.1 Å². The second-order valence-corrected chi connectivity index (χ2v) is 3.57. The summed E-state index contributed by atoms with van der Waals surface area (Å²) in [6, 6.07) is 3.77. The number of aliphatic hydroxyl groups excluding tert-OH is 1. The van der Waals surface area contributed by atoms with Crippen LogP contribution in [0, 0.1) is 0 Å². The zero-order chi connectivity index (χ0) is 11.8. The van der Waals surface area contributed by atoms with E-state index in [-0.39, 0.29) is 12.8 Å². The Hall–Kier alpha value is -1.46. The van der Waals surface area contributed by atoms with Gasteiger partial charge < -0.3 is 15.5 Å². The first-order valence-electron chi connectivity index (χ1n) is 5.18. The predicted octanol–water partition coefficient (Wildman–Crippen LogP) is 0.397. The molecule has 3 N–H and O–H groups in total. The van der Waals surface area contributed by atoms with Crippen molar-refractivity contribution in [1.29, 1.82) is 0 Å². The number of pyridine rings is 1. The molecule has 0 aliphatic rings. The van der Waals surface area contributed by atoms with Gasteiger partial charge in [-0.1, -0.05) is 0 Å². The summed E-state index contributed by atoms with van der Waals surface area (Å²) in [5, 5.41) is 20.9. The van der Waals surface area contributed by atoms with Gasteiger partial charge in [-0.25, -0.2) is 0 Å². The number of nitrogens with one attached hydrogen (secondary N) is 1. The number of carbonyl (C=O) groups is 1. The van der Waals surface area contributed by atoms with Crippen molar-refractivity contribution in [3.05, 3.63) is 30.1 Å². The molecule has 0 aliphatic heterocycles. The van der Waals surface area contributed by atoms with Gasteiger partial charge >= 0.3 is 5.97 Å². The molecular weight excluding hydrogens is 208 g/mol. The summed E-state index contributed by atoms with van der Waals surface area (Å²) in [5.41, 5.74) is 1.08. The van der Waals surface area contributed by atoms with Gasteiger partial charge in [-0.05, 0) is 24.1 Å². The smallest absolute Gasteiger partial charge is 0.303 e. The van der Waals surface area contributed by atoms with Gasteiger partial charge in [-0.2, -0.15) is 0 Å². The lowest BCUT2D eigenvalue weighted by Crippen LogP contribution is -2.26. The highest BCUT2D eigenvalue weighted by Crippen LogP contribution is 1.98. The molecule has 1 rings (SSSR count). The number of aromatic nitrogens is 1. The lowest BCUT2D eigenvalue weighted by Gasteiger charge is -2.10. The normalized spacial score (nSPS) is 12.3. The second kappa shape index (κ2) is 6.92. The molecule has 16 heavy (non-hydrogen) atoms. The molecule has 1 atom stereocenters. The summed E-state index contributed by atoms with van der Waals surface area (Å²) < 4.78 is 0. The number of hydrogen-bond acceptors (Lipinski definition) is 4. The Morgan fingerprint density at radius 1 is 1.44 bits per heavy atom. The van der Waals surface area contributed by atoms with E-state index in [1.165, 1.54) is 0 Å². The molecule has 0 fully saturated rings. The minimum atomic E-state index is -0.881. The van der Waals surface area contributed by atoms with Crippen molar-refractivity contribution < 1.29 is 15.0 Å². The molecule has 0 radical (unpaired) electrons. The SMILES string of the molecule is O=C(O)CCC(O)CNCc1ccncc1. The van der Waals surface area contributed by atoms with Crippen molar-refractivity contribution in [2.45, 2.75) is 25.5 Å². The number of carboxylic acids is 1. The summed E-state index contributed by atoms with van der Waals surface area (Å²) in [5.74, 6) is -0.881. The van der Waals surface area contributed by atoms with Crippen LogP contribution in [0.3, 0.4) is 0 Å². The van der Waals surface area contributed by atoms with Crippen molar-refractivity contribution >= 4 is 5.97 Å². The molecule has 0 amide bonds. The molecule has 88 valence electrons. The van der Waals surface area contributed by atoms with Crippen LogP contribution >= 0.6 is 0 Å². The van der Waals surface area contributed by atoms with Crippen molar-refractivity contribution in [2.24, 2.45) is 0 Å². The minimum Gasteiger partial charge on any atom is -0.481 e. The highest BCUT2D eigenvalue weighted by atomic mass is 16.4. The fraction of sp³-hybridized carbons (Fsp3) is 0.455. The molecule has 1 aromatic rings. The summed E-state index contributed by atoms with van der Waals surface area (Å²) in [4.78, 5) is 14.2. The fourth-order valence-corrected chi connectivity index (χ4v) is 1.28. The second-order valence-electron chi connectivity index (χ2n) is 3.57. The topological polar surface area (TPSA) is 82.5 Å². The maximum absolute atomic E-state index is 10.3. The molecule has 0 aliphatic carbocycles. The third-order valence-corrected chi connectivity index (χ3v) is 2.15. The molecule has 0 aromatic carbocycles. The number of nitrogens with zero attached hydrogens (tertiary/aromatic N) is 1. The molecule has 0 spiro atoms. The molecule has 1 heterocycles. The summed E-state index contributed by atoms with van der Waals surface area (Å²) in [6.07, 6.45) is 3.07. The van der Waals surface area contributed by atoms with E-state index in [1.54, 1.807) is 12.4 Å². The lowest BCUT2D eigenvalue weighted by molar-refractivity contribution is -0.137. The Morgan fingerprint density at radius 3 is 2.75 bits per heavy atom. The molecule has 5 nitrogen and oxygen atoms in total. The van der Waals surface area contributed by atoms with Crippen LogP contribution in [0.5, 0.6) is 0 Å². The van der Waals surface area contributed by atoms with Crippen molar-refractivity contribution in [1.82, 2.24) is 10.3 Å². The lowest BCUT2D eigenvalue weighted by atomic mass is 10.2. The van der Waals surface area contributed by atoms with Crippen LogP contribution in [0.25, 0.3) is 0 Å². The summed E-state index contributed by atoms with van der Waals surface area (Å²) in [6.45, 7) is 1.04. The van der Waals surface area contributed by atoms with Gasteiger partial charge in [0.25, 0.3) is 0 Å². The van der Waals surface area contributed by atoms with Crippen molar-refractivity contribution in [2.75, 3.05) is 6.54 Å². The average molecular weight is 224 g/mol. The van der Waals surface area contributed by atoms with Gasteiger partial charge in [0.2, 0.25) is 0 Å². The Balaban J connectivity index is 2.13. The van der Waals surface area contributed by atoms with E-state index in [0.717, 1.165) is 5.56 Å². The summed E-state index contributed by atoms with van der Waals surface area (Å²) in [7, 11) is 0. The van der Waals surface area contributed by atoms with E-state index in [0.29, 0.717) is 13.1 Å². The van der Waals surface area contributed by atoms with Crippen LogP contribution in [0.1, 0.15) is 18.4 Å². The highest BCUT2D eigenvalue weighted by Gasteiger charge is 2.06. The molecule has 0 saturated heterocycles. The Bertz CT molecular complexity index is 316. The van der Waals surface area contributed by atoms with E-state index in [2.05, 4.69) is 10.3 Å². The molecule has 1 aromatic heterocycles. The van der Waals surface area contributed by atoms with E-state index in [4.69, 9.17) is 5.11 Å². The molecular formula is C11H16N2O3. The van der Waals surface area contributed by atoms with Crippen LogP contribution in [0.4, 0.5) is 0 Å². The van der Waals surface area contributed by atoms with Gasteiger partial charge in [0.15, 0.2) is 0 Å². The van der Waals surface area contributed by atoms with E-state index in [1.807, 2.05) is 12.1 Å². The Morgan fingerprint density at radius 2 is 2.12 bits per heavy atom. The van der Waals surface area contributed by atoms with Gasteiger partial charge in [-0.3, -0.25) is 9.78 Å². The van der Waals surface area contributed by atoms with E-state index >= 15 is 0 Å². The highest BCUT2D eigenvalue weighted by molar-refractivity contribution is 5.66. The molecule has 0 saturated carbocycles. The van der Waals surface area contributed by atoms with Crippen LogP contribution in [-0.4, -0.2) is 33.8 Å². The largest absolute Gasteiger partial charge is 0.481 e. The number of rotatable bonds is 7. The van der Waals surface area contributed by atoms with Gasteiger partial charge in [-0.15, -0.1) is 0 Å². The molecule has 0 bridgehead atoms. The minimum absolute atomic E-state index is 0.00188. The maximum atomic E-state index is 10.3. The van der Waals surface area contributed by atoms with E-state index in [9.17, 15) is 9.90 Å². The van der Waals surface area contributed by atoms with Gasteiger partial charge in [0.1, 0.15) is 0 Å². The average Bonchev–Trinajstić information content (AvgIpc) is 2.28. The fourth-order valence-electron chi connectivity index (χ4n) is 1.28. The zero-order valence-corrected chi connectivity index (χ0v) is 8.97. The zero-order valence-electron chi connectivity index (χ0n) is 8.97. The number of aliphatic hydroxyl groups is 1. The van der Waals surface area contributed by atoms with Gasteiger partial charge in [0, 0.05) is 31.9 Å². The first kappa shape index (κ1) is 12.6. The maximum Gasteiger partial charge on any atom is 0.303 e. The van der Waals surface area contributed by atoms with Gasteiger partial charge in [0.05, 0.1) is 6.10 Å². The standard InChI is InChI=1S/C11H16N2O3/c14-10(1-2-11(15)16)8-13-7-9-3-5-12-6-4-9/h3-6,10,13-14H,1-2,7-8H2,(H,15,16). The third kappa shape index (κ3) is 5.43. The van der Waals surface area contributed by atoms with Crippen molar-refractivity contribution in [3.8, 4) is 0 Å². The third-order valence-electron chi connectivity index (χ3n) is 2.15. The first-order chi connectivity index (χ1) is 7.68. The van der Waals surface area contributed by atoms with Crippen LogP contribution < -0.4 is 5.32 Å². The van der Waals surface area contributed by atoms with E-state index < -0.39 is 12.1 Å².